The number of carbonyl (C=O) groups is 1. The minimum atomic E-state index is -3.25. The van der Waals surface area contributed by atoms with Crippen LogP contribution in [0.15, 0.2) is 0 Å². The van der Waals surface area contributed by atoms with Gasteiger partial charge in [-0.1, -0.05) is 46.0 Å². The summed E-state index contributed by atoms with van der Waals surface area (Å²) in [5.74, 6) is -0.676. The van der Waals surface area contributed by atoms with Gasteiger partial charge in [0.15, 0.2) is 0 Å². The lowest BCUT2D eigenvalue weighted by molar-refractivity contribution is -0.138. The molecule has 0 radical (unpaired) electrons. The topological polar surface area (TPSA) is 94.9 Å². The van der Waals surface area contributed by atoms with Gasteiger partial charge < -0.3 is 10.2 Å². The number of aliphatic carboxylic acids is 1. The first kappa shape index (κ1) is 24.3. The fourth-order valence-corrected chi connectivity index (χ4v) is 3.82. The van der Waals surface area contributed by atoms with Crippen LogP contribution in [0.2, 0.25) is 0 Å². The lowest BCUT2D eigenvalue weighted by atomic mass is 10.0. The molecule has 0 saturated carbocycles. The molecular weight excluding hydrogens is 342 g/mol. The number of hydrogen-bond donors (Lipinski definition) is 2. The van der Waals surface area contributed by atoms with Gasteiger partial charge in [-0.2, -0.15) is 0 Å². The quantitative estimate of drug-likeness (QED) is 0.401. The summed E-state index contributed by atoms with van der Waals surface area (Å²) in [5, 5.41) is 18.7. The van der Waals surface area contributed by atoms with Crippen molar-refractivity contribution in [3.63, 3.8) is 0 Å². The fraction of sp³-hybridized carbons (Fsp3) is 0.944. The second kappa shape index (κ2) is 13.5. The van der Waals surface area contributed by atoms with E-state index in [1.165, 1.54) is 10.6 Å². The maximum absolute atomic E-state index is 11.9. The van der Waals surface area contributed by atoms with E-state index in [9.17, 15) is 18.3 Å². The van der Waals surface area contributed by atoms with E-state index < -0.39 is 16.0 Å². The molecule has 6 nitrogen and oxygen atoms in total. The highest BCUT2D eigenvalue weighted by atomic mass is 32.2. The van der Waals surface area contributed by atoms with Crippen LogP contribution < -0.4 is 0 Å². The molecule has 0 aliphatic rings. The van der Waals surface area contributed by atoms with Gasteiger partial charge in [-0.05, 0) is 31.6 Å². The Bertz CT molecular complexity index is 452. The minimum absolute atomic E-state index is 0.113. The lowest BCUT2D eigenvalue weighted by Gasteiger charge is -2.21. The van der Waals surface area contributed by atoms with Crippen molar-refractivity contribution < 1.29 is 23.4 Å². The average molecular weight is 380 g/mol. The van der Waals surface area contributed by atoms with Gasteiger partial charge in [0.2, 0.25) is 10.0 Å². The smallest absolute Gasteiger partial charge is 0.303 e. The largest absolute Gasteiger partial charge is 0.481 e. The molecule has 2 atom stereocenters. The molecule has 0 bridgehead atoms. The van der Waals surface area contributed by atoms with Gasteiger partial charge in [-0.25, -0.2) is 12.7 Å². The van der Waals surface area contributed by atoms with Crippen LogP contribution in [0.4, 0.5) is 0 Å². The van der Waals surface area contributed by atoms with Gasteiger partial charge in [-0.3, -0.25) is 4.79 Å². The minimum Gasteiger partial charge on any atom is -0.481 e. The molecule has 0 aromatic rings. The molecule has 0 aromatic heterocycles. The average Bonchev–Trinajstić information content (AvgIpc) is 2.48. The fourth-order valence-electron chi connectivity index (χ4n) is 2.90. The Morgan fingerprint density at radius 1 is 1.00 bits per heavy atom. The summed E-state index contributed by atoms with van der Waals surface area (Å²) in [4.78, 5) is 10.6. The molecule has 0 saturated heterocycles. The Labute approximate surface area is 153 Å². The Balaban J connectivity index is 4.08. The summed E-state index contributed by atoms with van der Waals surface area (Å²) < 4.78 is 25.2. The molecule has 150 valence electrons. The maximum Gasteiger partial charge on any atom is 0.303 e. The van der Waals surface area contributed by atoms with E-state index in [0.29, 0.717) is 25.9 Å². The molecule has 0 rings (SSSR count). The van der Waals surface area contributed by atoms with Crippen LogP contribution in [-0.4, -0.2) is 54.4 Å². The van der Waals surface area contributed by atoms with Crippen LogP contribution in [0.3, 0.4) is 0 Å². The second-order valence-corrected chi connectivity index (χ2v) is 9.14. The van der Waals surface area contributed by atoms with Crippen LogP contribution >= 0.6 is 0 Å². The molecular formula is C18H37NO5S. The van der Waals surface area contributed by atoms with Gasteiger partial charge in [0.1, 0.15) is 0 Å². The number of aliphatic hydroxyl groups excluding tert-OH is 1. The summed E-state index contributed by atoms with van der Waals surface area (Å²) >= 11 is 0. The number of rotatable bonds is 16. The number of hydrogen-bond acceptors (Lipinski definition) is 4. The Morgan fingerprint density at radius 3 is 2.12 bits per heavy atom. The van der Waals surface area contributed by atoms with Crippen molar-refractivity contribution in [2.45, 2.75) is 84.2 Å². The highest BCUT2D eigenvalue weighted by molar-refractivity contribution is 7.88. The number of carboxylic acids is 1. The molecule has 0 aliphatic carbocycles. The van der Waals surface area contributed by atoms with E-state index in [1.54, 1.807) is 0 Å². The van der Waals surface area contributed by atoms with Gasteiger partial charge in [0, 0.05) is 19.5 Å². The first-order valence-electron chi connectivity index (χ1n) is 9.51. The lowest BCUT2D eigenvalue weighted by Crippen LogP contribution is -2.32. The predicted octanol–water partition coefficient (Wildman–Crippen LogP) is 3.25. The van der Waals surface area contributed by atoms with E-state index in [2.05, 4.69) is 6.92 Å². The molecule has 2 unspecified atom stereocenters. The van der Waals surface area contributed by atoms with Gasteiger partial charge in [0.25, 0.3) is 0 Å². The van der Waals surface area contributed by atoms with E-state index in [4.69, 9.17) is 5.11 Å². The third kappa shape index (κ3) is 14.2. The van der Waals surface area contributed by atoms with Crippen LogP contribution in [0.5, 0.6) is 0 Å². The first-order chi connectivity index (χ1) is 11.7. The molecule has 0 spiro atoms. The molecule has 0 aliphatic heterocycles. The SMILES string of the molecule is CCCCCC(O)CCCN(CCCCC(C)CC(=O)O)S(C)(=O)=O. The monoisotopic (exact) mass is 379 g/mol. The number of carboxylic acid groups (broad SMARTS) is 1. The number of unbranched alkanes of at least 4 members (excludes halogenated alkanes) is 3. The molecule has 0 fully saturated rings. The number of aliphatic hydroxyl groups is 1. The van der Waals surface area contributed by atoms with Gasteiger partial charge >= 0.3 is 5.97 Å². The Morgan fingerprint density at radius 2 is 1.56 bits per heavy atom. The van der Waals surface area contributed by atoms with Crippen LogP contribution in [0, 0.1) is 5.92 Å². The zero-order chi connectivity index (χ0) is 19.3. The summed E-state index contributed by atoms with van der Waals surface area (Å²) in [6.07, 6.45) is 8.72. The van der Waals surface area contributed by atoms with Crippen LogP contribution in [0.25, 0.3) is 0 Å². The predicted molar refractivity (Wildman–Crippen MR) is 101 cm³/mol. The van der Waals surface area contributed by atoms with Crippen molar-refractivity contribution in [3.05, 3.63) is 0 Å². The zero-order valence-corrected chi connectivity index (χ0v) is 16.9. The molecule has 7 heteroatoms. The van der Waals surface area contributed by atoms with Crippen LogP contribution in [-0.2, 0) is 14.8 Å². The molecule has 0 amide bonds. The highest BCUT2D eigenvalue weighted by Crippen LogP contribution is 2.14. The van der Waals surface area contributed by atoms with E-state index in [-0.39, 0.29) is 18.4 Å². The van der Waals surface area contributed by atoms with Crippen molar-refractivity contribution in [3.8, 4) is 0 Å². The summed E-state index contributed by atoms with van der Waals surface area (Å²) in [5.41, 5.74) is 0. The van der Waals surface area contributed by atoms with Crippen LogP contribution in [0.1, 0.15) is 78.1 Å². The highest BCUT2D eigenvalue weighted by Gasteiger charge is 2.17. The Kier molecular flexibility index (Phi) is 13.2. The van der Waals surface area contributed by atoms with Crippen molar-refractivity contribution in [1.29, 1.82) is 0 Å². The number of nitrogens with zero attached hydrogens (tertiary/aromatic N) is 1. The third-order valence-electron chi connectivity index (χ3n) is 4.43. The van der Waals surface area contributed by atoms with Crippen molar-refractivity contribution >= 4 is 16.0 Å². The van der Waals surface area contributed by atoms with E-state index >= 15 is 0 Å². The molecule has 0 heterocycles. The summed E-state index contributed by atoms with van der Waals surface area (Å²) in [7, 11) is -3.25. The summed E-state index contributed by atoms with van der Waals surface area (Å²) in [6.45, 7) is 4.93. The first-order valence-corrected chi connectivity index (χ1v) is 11.4. The third-order valence-corrected chi connectivity index (χ3v) is 5.74. The molecule has 0 aromatic carbocycles. The molecule has 2 N–H and O–H groups in total. The van der Waals surface area contributed by atoms with E-state index in [0.717, 1.165) is 44.9 Å². The van der Waals surface area contributed by atoms with Crippen molar-refractivity contribution in [2.24, 2.45) is 5.92 Å². The van der Waals surface area contributed by atoms with Crippen molar-refractivity contribution in [2.75, 3.05) is 19.3 Å². The molecule has 25 heavy (non-hydrogen) atoms. The van der Waals surface area contributed by atoms with Gasteiger partial charge in [0.05, 0.1) is 12.4 Å². The van der Waals surface area contributed by atoms with Crippen molar-refractivity contribution in [1.82, 2.24) is 4.31 Å². The second-order valence-electron chi connectivity index (χ2n) is 7.15. The Hall–Kier alpha value is -0.660. The summed E-state index contributed by atoms with van der Waals surface area (Å²) in [6, 6.07) is 0. The number of sulfonamides is 1. The zero-order valence-electron chi connectivity index (χ0n) is 16.1. The standard InChI is InChI=1S/C18H37NO5S/c1-4-5-6-11-17(20)12-9-14-19(25(3,23)24)13-8-7-10-16(2)15-18(21)22/h16-17,20H,4-15H2,1-3H3,(H,21,22). The van der Waals surface area contributed by atoms with Gasteiger partial charge in [-0.15, -0.1) is 0 Å². The maximum atomic E-state index is 11.9. The van der Waals surface area contributed by atoms with E-state index in [1.807, 2.05) is 6.92 Å². The normalized spacial score (nSPS) is 14.6.